The van der Waals surface area contributed by atoms with Crippen LogP contribution in [-0.2, 0) is 12.0 Å². The molecule has 0 radical (unpaired) electrons. The maximum Gasteiger partial charge on any atom is 0.335 e. The summed E-state index contributed by atoms with van der Waals surface area (Å²) in [7, 11) is 1.47. The molecule has 2 aliphatic rings. The summed E-state index contributed by atoms with van der Waals surface area (Å²) in [5, 5.41) is 26.2. The number of thiazole rings is 1. The third-order valence-electron chi connectivity index (χ3n) is 8.17. The van der Waals surface area contributed by atoms with Crippen molar-refractivity contribution in [3.63, 3.8) is 0 Å². The zero-order valence-corrected chi connectivity index (χ0v) is 26.2. The molecule has 3 aromatic carbocycles. The van der Waals surface area contributed by atoms with E-state index in [-0.39, 0.29) is 24.0 Å². The van der Waals surface area contributed by atoms with E-state index in [1.54, 1.807) is 36.4 Å². The highest BCUT2D eigenvalue weighted by Gasteiger charge is 2.59. The van der Waals surface area contributed by atoms with Crippen LogP contribution in [0, 0.1) is 11.3 Å². The van der Waals surface area contributed by atoms with Crippen LogP contribution in [0.25, 0.3) is 21.5 Å². The molecule has 1 N–H and O–H groups in total. The molecular formula is C32H22Cl3N3O5S. The number of rotatable bonds is 9. The van der Waals surface area contributed by atoms with Crippen LogP contribution in [0.15, 0.2) is 53.1 Å². The molecule has 2 fully saturated rings. The number of fused-ring (bicyclic) bond motifs is 1. The molecule has 2 aliphatic carbocycles. The number of carboxylic acids is 1. The summed E-state index contributed by atoms with van der Waals surface area (Å²) >= 11 is 21.1. The van der Waals surface area contributed by atoms with E-state index >= 15 is 0 Å². The van der Waals surface area contributed by atoms with Gasteiger partial charge in [0.1, 0.15) is 35.1 Å². The van der Waals surface area contributed by atoms with Crippen molar-refractivity contribution in [2.75, 3.05) is 7.11 Å². The zero-order chi connectivity index (χ0) is 30.7. The summed E-state index contributed by atoms with van der Waals surface area (Å²) in [6, 6.07) is 16.1. The summed E-state index contributed by atoms with van der Waals surface area (Å²) < 4.78 is 18.0. The van der Waals surface area contributed by atoms with Crippen molar-refractivity contribution in [3.8, 4) is 28.8 Å². The first-order valence-corrected chi connectivity index (χ1v) is 15.7. The van der Waals surface area contributed by atoms with E-state index in [2.05, 4.69) is 11.2 Å². The van der Waals surface area contributed by atoms with Gasteiger partial charge >= 0.3 is 5.97 Å². The number of aromatic nitrogens is 2. The quantitative estimate of drug-likeness (QED) is 0.166. The molecule has 0 amide bonds. The van der Waals surface area contributed by atoms with Gasteiger partial charge in [-0.3, -0.25) is 0 Å². The molecule has 222 valence electrons. The molecule has 2 unspecified atom stereocenters. The predicted molar refractivity (Wildman–Crippen MR) is 167 cm³/mol. The summed E-state index contributed by atoms with van der Waals surface area (Å²) in [4.78, 5) is 16.3. The van der Waals surface area contributed by atoms with Gasteiger partial charge in [-0.15, -0.1) is 11.3 Å². The maximum atomic E-state index is 11.6. The average Bonchev–Trinajstić information content (AvgIpc) is 3.90. The maximum absolute atomic E-state index is 11.6. The van der Waals surface area contributed by atoms with E-state index in [9.17, 15) is 15.2 Å². The molecule has 12 heteroatoms. The van der Waals surface area contributed by atoms with E-state index in [4.69, 9.17) is 53.8 Å². The molecule has 0 spiro atoms. The van der Waals surface area contributed by atoms with Crippen molar-refractivity contribution < 1.29 is 23.9 Å². The van der Waals surface area contributed by atoms with Crippen LogP contribution in [0.1, 0.15) is 63.4 Å². The fraction of sp³-hybridized carbons (Fsp3) is 0.250. The Morgan fingerprint density at radius 3 is 2.59 bits per heavy atom. The third-order valence-corrected chi connectivity index (χ3v) is 10.2. The Bertz CT molecular complexity index is 1990. The zero-order valence-electron chi connectivity index (χ0n) is 23.1. The summed E-state index contributed by atoms with van der Waals surface area (Å²) in [6.45, 7) is 0.166. The van der Waals surface area contributed by atoms with Crippen molar-refractivity contribution in [3.05, 3.63) is 91.1 Å². The molecule has 2 atom stereocenters. The fourth-order valence-electron chi connectivity index (χ4n) is 5.64. The number of nitrogens with zero attached hydrogens (tertiary/aromatic N) is 3. The fourth-order valence-corrected chi connectivity index (χ4v) is 7.77. The smallest absolute Gasteiger partial charge is 0.335 e. The summed E-state index contributed by atoms with van der Waals surface area (Å²) in [5.41, 5.74) is 2.44. The van der Waals surface area contributed by atoms with Crippen molar-refractivity contribution >= 4 is 62.3 Å². The highest BCUT2D eigenvalue weighted by atomic mass is 35.5. The second kappa shape index (κ2) is 11.0. The number of nitriles is 1. The number of hydrogen-bond acceptors (Lipinski definition) is 8. The number of benzene rings is 3. The predicted octanol–water partition coefficient (Wildman–Crippen LogP) is 9.02. The van der Waals surface area contributed by atoms with Crippen molar-refractivity contribution in [1.29, 1.82) is 5.26 Å². The van der Waals surface area contributed by atoms with E-state index < -0.39 is 11.4 Å². The minimum Gasteiger partial charge on any atom is -0.494 e. The second-order valence-electron chi connectivity index (χ2n) is 10.9. The number of carbonyl (C=O) groups is 1. The van der Waals surface area contributed by atoms with Crippen LogP contribution in [-0.4, -0.2) is 28.3 Å². The second-order valence-corrected chi connectivity index (χ2v) is 13.2. The minimum atomic E-state index is -1.05. The monoisotopic (exact) mass is 665 g/mol. The van der Waals surface area contributed by atoms with Crippen LogP contribution >= 0.6 is 46.1 Å². The average molecular weight is 667 g/mol. The highest BCUT2D eigenvalue weighted by molar-refractivity contribution is 7.18. The van der Waals surface area contributed by atoms with Gasteiger partial charge in [0.2, 0.25) is 0 Å². The molecule has 8 nitrogen and oxygen atoms in total. The highest BCUT2D eigenvalue weighted by Crippen LogP contribution is 2.62. The molecule has 7 rings (SSSR count). The lowest BCUT2D eigenvalue weighted by atomic mass is 9.94. The Morgan fingerprint density at radius 1 is 1.16 bits per heavy atom. The number of halogens is 3. The molecule has 0 bridgehead atoms. The number of hydrogen-bond donors (Lipinski definition) is 1. The van der Waals surface area contributed by atoms with Crippen molar-refractivity contribution in [1.82, 2.24) is 10.1 Å². The normalized spacial score (nSPS) is 19.1. The van der Waals surface area contributed by atoms with Crippen LogP contribution in [0.2, 0.25) is 15.1 Å². The molecular weight excluding hydrogens is 645 g/mol. The van der Waals surface area contributed by atoms with Gasteiger partial charge in [0, 0.05) is 22.4 Å². The molecule has 5 aromatic rings. The van der Waals surface area contributed by atoms with Crippen LogP contribution in [0.5, 0.6) is 11.5 Å². The Balaban J connectivity index is 1.15. The lowest BCUT2D eigenvalue weighted by molar-refractivity contribution is 0.0696. The molecule has 44 heavy (non-hydrogen) atoms. The summed E-state index contributed by atoms with van der Waals surface area (Å²) in [5.74, 6) is 0.697. The molecule has 2 saturated carbocycles. The molecule has 0 aliphatic heterocycles. The first kappa shape index (κ1) is 28.9. The van der Waals surface area contributed by atoms with Crippen molar-refractivity contribution in [2.45, 2.75) is 43.1 Å². The number of carboxylic acid groups (broad SMARTS) is 1. The van der Waals surface area contributed by atoms with E-state index in [1.165, 1.54) is 24.5 Å². The number of methoxy groups -OCH3 is 1. The van der Waals surface area contributed by atoms with E-state index in [0.717, 1.165) is 29.2 Å². The first-order valence-electron chi connectivity index (χ1n) is 13.7. The van der Waals surface area contributed by atoms with Gasteiger partial charge in [-0.25, -0.2) is 9.78 Å². The largest absolute Gasteiger partial charge is 0.494 e. The minimum absolute atomic E-state index is 0.114. The number of aromatic carboxylic acids is 1. The van der Waals surface area contributed by atoms with Crippen LogP contribution < -0.4 is 9.47 Å². The van der Waals surface area contributed by atoms with Gasteiger partial charge in [-0.2, -0.15) is 5.26 Å². The SMILES string of the molecule is COc1cc(C(=O)O)cc2sc(C3CC3(C#N)c3ccc(OCc4c(-c5c(Cl)cccc5Cl)noc4C4CC4)cc3Cl)nc12. The Labute approximate surface area is 270 Å². The van der Waals surface area contributed by atoms with Gasteiger partial charge in [0.05, 0.1) is 49.5 Å². The summed E-state index contributed by atoms with van der Waals surface area (Å²) in [6.07, 6.45) is 2.56. The van der Waals surface area contributed by atoms with Gasteiger partial charge in [0.25, 0.3) is 0 Å². The molecule has 2 aromatic heterocycles. The van der Waals surface area contributed by atoms with Gasteiger partial charge in [-0.1, -0.05) is 52.1 Å². The van der Waals surface area contributed by atoms with Gasteiger partial charge < -0.3 is 19.1 Å². The lowest BCUT2D eigenvalue weighted by Crippen LogP contribution is -2.08. The van der Waals surface area contributed by atoms with Gasteiger partial charge in [-0.05, 0) is 61.2 Å². The van der Waals surface area contributed by atoms with E-state index in [1.807, 2.05) is 6.07 Å². The Kier molecular flexibility index (Phi) is 7.21. The Hall–Kier alpha value is -3.81. The standard InChI is InChI=1S/C32H22Cl3N3O5S/c1-41-24-9-16(31(39)40)10-25-28(24)37-30(44-25)20-12-32(20,14-36)19-8-7-17(11-23(19)35)42-13-18-27(38-43-29(18)15-5-6-15)26-21(33)3-2-4-22(26)34/h2-4,7-11,15,20H,5-6,12-13H2,1H3,(H,39,40). The Morgan fingerprint density at radius 2 is 1.93 bits per heavy atom. The lowest BCUT2D eigenvalue weighted by Gasteiger charge is -2.14. The number of ether oxygens (including phenoxy) is 2. The van der Waals surface area contributed by atoms with Crippen LogP contribution in [0.3, 0.4) is 0 Å². The van der Waals surface area contributed by atoms with Crippen LogP contribution in [0.4, 0.5) is 0 Å². The molecule has 0 saturated heterocycles. The first-order chi connectivity index (χ1) is 21.2. The third kappa shape index (κ3) is 4.87. The van der Waals surface area contributed by atoms with Crippen molar-refractivity contribution in [2.24, 2.45) is 0 Å². The van der Waals surface area contributed by atoms with E-state index in [0.29, 0.717) is 60.0 Å². The topological polar surface area (TPSA) is 118 Å². The molecule has 2 heterocycles. The van der Waals surface area contributed by atoms with Gasteiger partial charge in [0.15, 0.2) is 0 Å².